The van der Waals surface area contributed by atoms with E-state index in [0.29, 0.717) is 29.0 Å². The first-order chi connectivity index (χ1) is 9.97. The van der Waals surface area contributed by atoms with Crippen molar-refractivity contribution in [2.75, 3.05) is 11.9 Å². The van der Waals surface area contributed by atoms with Crippen LogP contribution in [0.3, 0.4) is 0 Å². The molecule has 1 atom stereocenters. The van der Waals surface area contributed by atoms with Crippen LogP contribution < -0.4 is 11.1 Å². The Balaban J connectivity index is 2.00. The summed E-state index contributed by atoms with van der Waals surface area (Å²) in [5.41, 5.74) is 6.58. The first-order valence-electron chi connectivity index (χ1n) is 7.04. The Morgan fingerprint density at radius 2 is 2.24 bits per heavy atom. The summed E-state index contributed by atoms with van der Waals surface area (Å²) in [4.78, 5) is 16.5. The van der Waals surface area contributed by atoms with Gasteiger partial charge < -0.3 is 11.1 Å². The lowest BCUT2D eigenvalue weighted by molar-refractivity contribution is -0.117. The number of benzene rings is 1. The fourth-order valence-corrected chi connectivity index (χ4v) is 3.47. The highest BCUT2D eigenvalue weighted by Gasteiger charge is 2.15. The minimum atomic E-state index is -0.0312. The SMILES string of the molecule is CC(C)CC(CN)CC(=O)Nc1nc2ccc(Cl)cc2s1. The molecule has 0 saturated carbocycles. The van der Waals surface area contributed by atoms with Crippen LogP contribution in [0.5, 0.6) is 0 Å². The van der Waals surface area contributed by atoms with E-state index < -0.39 is 0 Å². The fraction of sp³-hybridized carbons (Fsp3) is 0.467. The first kappa shape index (κ1) is 16.2. The van der Waals surface area contributed by atoms with Gasteiger partial charge in [-0.1, -0.05) is 36.8 Å². The number of nitrogens with one attached hydrogen (secondary N) is 1. The van der Waals surface area contributed by atoms with Crippen molar-refractivity contribution in [2.45, 2.75) is 26.7 Å². The van der Waals surface area contributed by atoms with Gasteiger partial charge in [0.15, 0.2) is 5.13 Å². The summed E-state index contributed by atoms with van der Waals surface area (Å²) in [7, 11) is 0. The minimum Gasteiger partial charge on any atom is -0.330 e. The lowest BCUT2D eigenvalue weighted by Gasteiger charge is -2.15. The van der Waals surface area contributed by atoms with Crippen molar-refractivity contribution >= 4 is 44.2 Å². The summed E-state index contributed by atoms with van der Waals surface area (Å²) in [6.45, 7) is 4.80. The molecule has 6 heteroatoms. The van der Waals surface area contributed by atoms with Crippen LogP contribution in [0.4, 0.5) is 5.13 Å². The third kappa shape index (κ3) is 4.66. The van der Waals surface area contributed by atoms with Crippen LogP contribution in [-0.2, 0) is 4.79 Å². The minimum absolute atomic E-state index is 0.0312. The highest BCUT2D eigenvalue weighted by molar-refractivity contribution is 7.22. The second kappa shape index (κ2) is 7.20. The number of fused-ring (bicyclic) bond motifs is 1. The predicted molar refractivity (Wildman–Crippen MR) is 89.9 cm³/mol. The molecular weight excluding hydrogens is 306 g/mol. The van der Waals surface area contributed by atoms with Crippen molar-refractivity contribution in [1.82, 2.24) is 4.98 Å². The number of rotatable bonds is 6. The molecule has 1 amide bonds. The number of hydrogen-bond donors (Lipinski definition) is 2. The average molecular weight is 326 g/mol. The smallest absolute Gasteiger partial charge is 0.226 e. The highest BCUT2D eigenvalue weighted by Crippen LogP contribution is 2.28. The summed E-state index contributed by atoms with van der Waals surface area (Å²) < 4.78 is 0.968. The zero-order chi connectivity index (χ0) is 15.4. The van der Waals surface area contributed by atoms with Gasteiger partial charge in [0.05, 0.1) is 10.2 Å². The van der Waals surface area contributed by atoms with Crippen molar-refractivity contribution in [1.29, 1.82) is 0 Å². The van der Waals surface area contributed by atoms with Gasteiger partial charge in [0.1, 0.15) is 0 Å². The molecule has 0 spiro atoms. The number of anilines is 1. The molecule has 3 N–H and O–H groups in total. The van der Waals surface area contributed by atoms with Crippen molar-refractivity contribution in [3.8, 4) is 0 Å². The zero-order valence-electron chi connectivity index (χ0n) is 12.2. The Labute approximate surface area is 133 Å². The van der Waals surface area contributed by atoms with E-state index in [2.05, 4.69) is 24.1 Å². The predicted octanol–water partition coefficient (Wildman–Crippen LogP) is 3.90. The lowest BCUT2D eigenvalue weighted by atomic mass is 9.94. The number of thiazole rings is 1. The van der Waals surface area contributed by atoms with Crippen LogP contribution in [0.15, 0.2) is 18.2 Å². The molecule has 1 unspecified atom stereocenters. The second-order valence-corrected chi connectivity index (χ2v) is 7.08. The molecule has 0 aliphatic rings. The molecule has 4 nitrogen and oxygen atoms in total. The Bertz CT molecular complexity index is 626. The molecule has 0 aliphatic carbocycles. The summed E-state index contributed by atoms with van der Waals surface area (Å²) in [6, 6.07) is 5.50. The molecule has 2 aromatic rings. The summed E-state index contributed by atoms with van der Waals surface area (Å²) in [5.74, 6) is 0.723. The van der Waals surface area contributed by atoms with E-state index in [1.807, 2.05) is 12.1 Å². The third-order valence-corrected chi connectivity index (χ3v) is 4.38. The van der Waals surface area contributed by atoms with Crippen molar-refractivity contribution in [2.24, 2.45) is 17.6 Å². The molecule has 0 saturated heterocycles. The normalized spacial score (nSPS) is 12.8. The van der Waals surface area contributed by atoms with Crippen molar-refractivity contribution in [3.63, 3.8) is 0 Å². The number of nitrogens with zero attached hydrogens (tertiary/aromatic N) is 1. The number of amides is 1. The number of halogens is 1. The number of aromatic nitrogens is 1. The van der Waals surface area contributed by atoms with E-state index in [1.54, 1.807) is 6.07 Å². The van der Waals surface area contributed by atoms with E-state index in [-0.39, 0.29) is 11.8 Å². The van der Waals surface area contributed by atoms with Crippen molar-refractivity contribution in [3.05, 3.63) is 23.2 Å². The summed E-state index contributed by atoms with van der Waals surface area (Å²) in [5, 5.41) is 4.14. The monoisotopic (exact) mass is 325 g/mol. The van der Waals surface area contributed by atoms with Gasteiger partial charge in [0.25, 0.3) is 0 Å². The molecule has 114 valence electrons. The maximum atomic E-state index is 12.1. The van der Waals surface area contributed by atoms with Crippen LogP contribution >= 0.6 is 22.9 Å². The molecule has 1 aromatic heterocycles. The Morgan fingerprint density at radius 1 is 1.48 bits per heavy atom. The standard InChI is InChI=1S/C15H20ClN3OS/c1-9(2)5-10(8-17)6-14(20)19-15-18-12-4-3-11(16)7-13(12)21-15/h3-4,7,9-10H,5-6,8,17H2,1-2H3,(H,18,19,20). The van der Waals surface area contributed by atoms with E-state index >= 15 is 0 Å². The van der Waals surface area contributed by atoms with E-state index in [0.717, 1.165) is 16.6 Å². The molecule has 1 aromatic carbocycles. The number of hydrogen-bond acceptors (Lipinski definition) is 4. The Kier molecular flexibility index (Phi) is 5.56. The van der Waals surface area contributed by atoms with Crippen LogP contribution in [0.1, 0.15) is 26.7 Å². The van der Waals surface area contributed by atoms with Crippen LogP contribution in [0.25, 0.3) is 10.2 Å². The van der Waals surface area contributed by atoms with Gasteiger partial charge in [-0.25, -0.2) is 4.98 Å². The molecule has 0 fully saturated rings. The number of carbonyl (C=O) groups excluding carboxylic acids is 1. The first-order valence-corrected chi connectivity index (χ1v) is 8.23. The third-order valence-electron chi connectivity index (χ3n) is 3.21. The summed E-state index contributed by atoms with van der Waals surface area (Å²) >= 11 is 7.38. The molecule has 0 radical (unpaired) electrons. The quantitative estimate of drug-likeness (QED) is 0.846. The highest BCUT2D eigenvalue weighted by atomic mass is 35.5. The molecule has 0 bridgehead atoms. The van der Waals surface area contributed by atoms with Crippen molar-refractivity contribution < 1.29 is 4.79 Å². The second-order valence-electron chi connectivity index (χ2n) is 5.61. The molecular formula is C15H20ClN3OS. The van der Waals surface area contributed by atoms with Gasteiger partial charge in [-0.05, 0) is 43.0 Å². The lowest BCUT2D eigenvalue weighted by Crippen LogP contribution is -2.23. The zero-order valence-corrected chi connectivity index (χ0v) is 13.8. The maximum absolute atomic E-state index is 12.1. The Morgan fingerprint density at radius 3 is 2.90 bits per heavy atom. The maximum Gasteiger partial charge on any atom is 0.226 e. The van der Waals surface area contributed by atoms with Gasteiger partial charge in [-0.2, -0.15) is 0 Å². The molecule has 0 aliphatic heterocycles. The Hall–Kier alpha value is -1.17. The van der Waals surface area contributed by atoms with Gasteiger partial charge >= 0.3 is 0 Å². The van der Waals surface area contributed by atoms with E-state index in [4.69, 9.17) is 17.3 Å². The van der Waals surface area contributed by atoms with Gasteiger partial charge in [-0.15, -0.1) is 0 Å². The van der Waals surface area contributed by atoms with Gasteiger partial charge in [-0.3, -0.25) is 4.79 Å². The number of nitrogens with two attached hydrogens (primary N) is 1. The average Bonchev–Trinajstić information content (AvgIpc) is 2.78. The van der Waals surface area contributed by atoms with Crippen LogP contribution in [0.2, 0.25) is 5.02 Å². The van der Waals surface area contributed by atoms with Crippen LogP contribution in [0, 0.1) is 11.8 Å². The van der Waals surface area contributed by atoms with E-state index in [1.165, 1.54) is 11.3 Å². The molecule has 1 heterocycles. The van der Waals surface area contributed by atoms with Gasteiger partial charge in [0.2, 0.25) is 5.91 Å². The molecule has 2 rings (SSSR count). The van der Waals surface area contributed by atoms with Crippen LogP contribution in [-0.4, -0.2) is 17.4 Å². The van der Waals surface area contributed by atoms with Gasteiger partial charge in [0, 0.05) is 11.4 Å². The fourth-order valence-electron chi connectivity index (χ4n) is 2.31. The topological polar surface area (TPSA) is 68.0 Å². The largest absolute Gasteiger partial charge is 0.330 e. The summed E-state index contributed by atoms with van der Waals surface area (Å²) in [6.07, 6.45) is 1.39. The number of carbonyl (C=O) groups is 1. The van der Waals surface area contributed by atoms with E-state index in [9.17, 15) is 4.79 Å². The molecule has 21 heavy (non-hydrogen) atoms.